The predicted molar refractivity (Wildman–Crippen MR) is 99.6 cm³/mol. The van der Waals surface area contributed by atoms with Gasteiger partial charge in [-0.3, -0.25) is 9.59 Å². The van der Waals surface area contributed by atoms with Gasteiger partial charge in [-0.1, -0.05) is 6.92 Å². The molecule has 7 nitrogen and oxygen atoms in total. The molecule has 0 aliphatic carbocycles. The van der Waals surface area contributed by atoms with Crippen molar-refractivity contribution in [1.29, 1.82) is 0 Å². The molecule has 0 aromatic carbocycles. The number of anilines is 1. The van der Waals surface area contributed by atoms with Gasteiger partial charge in [0.05, 0.1) is 0 Å². The highest BCUT2D eigenvalue weighted by Crippen LogP contribution is 2.21. The second kappa shape index (κ2) is 9.35. The molecular formula is C19H21F3N4O3. The molecule has 2 aromatic rings. The SMILES string of the molecule is CCc1cc(CNC(=O)c2cc(C)nc(NC(C)=O)c2)cnc1OCC(F)(F)F. The summed E-state index contributed by atoms with van der Waals surface area (Å²) in [6.07, 6.45) is -2.67. The van der Waals surface area contributed by atoms with Gasteiger partial charge in [-0.2, -0.15) is 13.2 Å². The number of nitrogens with one attached hydrogen (secondary N) is 2. The van der Waals surface area contributed by atoms with Gasteiger partial charge in [0.2, 0.25) is 11.8 Å². The topological polar surface area (TPSA) is 93.2 Å². The third-order valence-electron chi connectivity index (χ3n) is 3.71. The van der Waals surface area contributed by atoms with Crippen LogP contribution in [0.4, 0.5) is 19.0 Å². The summed E-state index contributed by atoms with van der Waals surface area (Å²) in [5.74, 6) is -0.508. The van der Waals surface area contributed by atoms with Gasteiger partial charge in [-0.25, -0.2) is 9.97 Å². The van der Waals surface area contributed by atoms with Crippen LogP contribution in [0.2, 0.25) is 0 Å². The fraction of sp³-hybridized carbons (Fsp3) is 0.368. The second-order valence-electron chi connectivity index (χ2n) is 6.31. The van der Waals surface area contributed by atoms with E-state index in [1.54, 1.807) is 26.0 Å². The Labute approximate surface area is 165 Å². The van der Waals surface area contributed by atoms with Crippen molar-refractivity contribution in [3.63, 3.8) is 0 Å². The van der Waals surface area contributed by atoms with E-state index in [0.717, 1.165) is 0 Å². The molecule has 156 valence electrons. The lowest BCUT2D eigenvalue weighted by Crippen LogP contribution is -2.24. The van der Waals surface area contributed by atoms with Crippen LogP contribution in [0.25, 0.3) is 0 Å². The first-order valence-electron chi connectivity index (χ1n) is 8.79. The van der Waals surface area contributed by atoms with Gasteiger partial charge in [-0.05, 0) is 37.1 Å². The van der Waals surface area contributed by atoms with Crippen LogP contribution in [-0.4, -0.2) is 34.6 Å². The average molecular weight is 410 g/mol. The van der Waals surface area contributed by atoms with Gasteiger partial charge in [0, 0.05) is 36.5 Å². The van der Waals surface area contributed by atoms with Gasteiger partial charge in [-0.15, -0.1) is 0 Å². The minimum absolute atomic E-state index is 0.0791. The lowest BCUT2D eigenvalue weighted by atomic mass is 10.1. The Morgan fingerprint density at radius 1 is 1.21 bits per heavy atom. The Bertz CT molecular complexity index is 901. The van der Waals surface area contributed by atoms with E-state index in [-0.39, 0.29) is 24.1 Å². The zero-order valence-electron chi connectivity index (χ0n) is 16.2. The number of amides is 2. The van der Waals surface area contributed by atoms with Crippen molar-refractivity contribution in [3.8, 4) is 5.88 Å². The van der Waals surface area contributed by atoms with Crippen molar-refractivity contribution in [3.05, 3.63) is 46.8 Å². The molecule has 2 heterocycles. The third kappa shape index (κ3) is 7.05. The van der Waals surface area contributed by atoms with Gasteiger partial charge in [0.15, 0.2) is 6.61 Å². The van der Waals surface area contributed by atoms with Crippen molar-refractivity contribution in [2.24, 2.45) is 0 Å². The molecule has 10 heteroatoms. The number of alkyl halides is 3. The van der Waals surface area contributed by atoms with Crippen LogP contribution in [0.5, 0.6) is 5.88 Å². The molecule has 0 aliphatic heterocycles. The quantitative estimate of drug-likeness (QED) is 0.731. The summed E-state index contributed by atoms with van der Waals surface area (Å²) in [6, 6.07) is 4.66. The molecule has 0 saturated carbocycles. The van der Waals surface area contributed by atoms with Crippen LogP contribution in [0.3, 0.4) is 0 Å². The number of halogens is 3. The Morgan fingerprint density at radius 2 is 1.93 bits per heavy atom. The summed E-state index contributed by atoms with van der Waals surface area (Å²) in [5.41, 5.74) is 1.99. The summed E-state index contributed by atoms with van der Waals surface area (Å²) in [5, 5.41) is 5.23. The fourth-order valence-corrected chi connectivity index (χ4v) is 2.51. The van der Waals surface area contributed by atoms with E-state index in [4.69, 9.17) is 4.74 Å². The summed E-state index contributed by atoms with van der Waals surface area (Å²) in [6.45, 7) is 3.50. The largest absolute Gasteiger partial charge is 0.468 e. The molecule has 0 bridgehead atoms. The van der Waals surface area contributed by atoms with Crippen molar-refractivity contribution in [2.45, 2.75) is 39.9 Å². The zero-order valence-corrected chi connectivity index (χ0v) is 16.2. The van der Waals surface area contributed by atoms with Crippen LogP contribution in [-0.2, 0) is 17.8 Å². The highest BCUT2D eigenvalue weighted by molar-refractivity contribution is 5.96. The van der Waals surface area contributed by atoms with E-state index >= 15 is 0 Å². The Kier molecular flexibility index (Phi) is 7.13. The Balaban J connectivity index is 2.06. The first-order chi connectivity index (χ1) is 13.6. The number of aromatic nitrogens is 2. The molecule has 0 spiro atoms. The Morgan fingerprint density at radius 3 is 2.55 bits per heavy atom. The maximum absolute atomic E-state index is 12.4. The number of rotatable bonds is 7. The first-order valence-corrected chi connectivity index (χ1v) is 8.79. The number of hydrogen-bond donors (Lipinski definition) is 2. The number of carbonyl (C=O) groups is 2. The van der Waals surface area contributed by atoms with Crippen molar-refractivity contribution >= 4 is 17.6 Å². The van der Waals surface area contributed by atoms with Gasteiger partial charge < -0.3 is 15.4 Å². The molecule has 0 aliphatic rings. The minimum Gasteiger partial charge on any atom is -0.468 e. The van der Waals surface area contributed by atoms with Crippen LogP contribution in [0.1, 0.15) is 41.0 Å². The molecular weight excluding hydrogens is 389 g/mol. The molecule has 2 aromatic heterocycles. The van der Waals surface area contributed by atoms with E-state index in [9.17, 15) is 22.8 Å². The van der Waals surface area contributed by atoms with E-state index in [1.165, 1.54) is 19.2 Å². The number of hydrogen-bond acceptors (Lipinski definition) is 5. The zero-order chi connectivity index (χ0) is 21.6. The van der Waals surface area contributed by atoms with E-state index in [1.807, 2.05) is 0 Å². The molecule has 0 unspecified atom stereocenters. The number of carbonyl (C=O) groups excluding carboxylic acids is 2. The lowest BCUT2D eigenvalue weighted by Gasteiger charge is -2.13. The van der Waals surface area contributed by atoms with Crippen LogP contribution >= 0.6 is 0 Å². The molecule has 2 rings (SSSR count). The van der Waals surface area contributed by atoms with Gasteiger partial charge in [0.1, 0.15) is 5.82 Å². The second-order valence-corrected chi connectivity index (χ2v) is 6.31. The van der Waals surface area contributed by atoms with Gasteiger partial charge >= 0.3 is 6.18 Å². The molecule has 0 radical (unpaired) electrons. The minimum atomic E-state index is -4.45. The third-order valence-corrected chi connectivity index (χ3v) is 3.71. The molecule has 0 saturated heterocycles. The number of ether oxygens (including phenoxy) is 1. The van der Waals surface area contributed by atoms with Crippen LogP contribution < -0.4 is 15.4 Å². The average Bonchev–Trinajstić information content (AvgIpc) is 2.62. The number of pyridine rings is 2. The summed E-state index contributed by atoms with van der Waals surface area (Å²) < 4.78 is 41.7. The summed E-state index contributed by atoms with van der Waals surface area (Å²) in [4.78, 5) is 31.7. The highest BCUT2D eigenvalue weighted by Gasteiger charge is 2.29. The lowest BCUT2D eigenvalue weighted by molar-refractivity contribution is -0.154. The summed E-state index contributed by atoms with van der Waals surface area (Å²) >= 11 is 0. The predicted octanol–water partition coefficient (Wildman–Crippen LogP) is 3.18. The van der Waals surface area contributed by atoms with Crippen molar-refractivity contribution in [2.75, 3.05) is 11.9 Å². The van der Waals surface area contributed by atoms with Gasteiger partial charge in [0.25, 0.3) is 5.91 Å². The number of aryl methyl sites for hydroxylation is 2. The maximum atomic E-state index is 12.4. The number of nitrogens with zero attached hydrogens (tertiary/aromatic N) is 2. The van der Waals surface area contributed by atoms with E-state index < -0.39 is 18.7 Å². The van der Waals surface area contributed by atoms with E-state index in [0.29, 0.717) is 28.8 Å². The highest BCUT2D eigenvalue weighted by atomic mass is 19.4. The fourth-order valence-electron chi connectivity index (χ4n) is 2.51. The smallest absolute Gasteiger partial charge is 0.422 e. The van der Waals surface area contributed by atoms with E-state index in [2.05, 4.69) is 20.6 Å². The molecule has 0 atom stereocenters. The van der Waals surface area contributed by atoms with Crippen LogP contribution in [0, 0.1) is 6.92 Å². The molecule has 2 amide bonds. The summed E-state index contributed by atoms with van der Waals surface area (Å²) in [7, 11) is 0. The molecule has 29 heavy (non-hydrogen) atoms. The Hall–Kier alpha value is -3.17. The standard InChI is InChI=1S/C19H21F3N4O3/c1-4-14-6-13(9-24-18(14)29-10-19(20,21)22)8-23-17(28)15-5-11(2)25-16(7-15)26-12(3)27/h5-7,9H,4,8,10H2,1-3H3,(H,23,28)(H,25,26,27). The monoisotopic (exact) mass is 410 g/mol. The molecule has 0 fully saturated rings. The normalized spacial score (nSPS) is 11.1. The van der Waals surface area contributed by atoms with Crippen molar-refractivity contribution in [1.82, 2.24) is 15.3 Å². The van der Waals surface area contributed by atoms with Crippen molar-refractivity contribution < 1.29 is 27.5 Å². The molecule has 2 N–H and O–H groups in total. The van der Waals surface area contributed by atoms with Crippen LogP contribution in [0.15, 0.2) is 24.4 Å². The first kappa shape index (κ1) is 22.1. The maximum Gasteiger partial charge on any atom is 0.422 e.